The molecule has 0 spiro atoms. The maximum absolute atomic E-state index is 11.8. The number of halogens is 2. The molecule has 2 aromatic carbocycles. The molecule has 2 amide bonds. The number of nitrogens with zero attached hydrogens (tertiary/aromatic N) is 1. The maximum Gasteiger partial charge on any atom is 0.249 e. The van der Waals surface area contributed by atoms with E-state index in [4.69, 9.17) is 0 Å². The molecule has 0 aliphatic heterocycles. The van der Waals surface area contributed by atoms with Gasteiger partial charge in [-0.25, -0.2) is 5.43 Å². The molecule has 0 bridgehead atoms. The van der Waals surface area contributed by atoms with E-state index in [0.717, 1.165) is 4.47 Å². The fourth-order valence-corrected chi connectivity index (χ4v) is 2.50. The first kappa shape index (κ1) is 18.2. The van der Waals surface area contributed by atoms with Crippen LogP contribution >= 0.6 is 31.9 Å². The molecule has 6 nitrogen and oxygen atoms in total. The number of phenols is 1. The van der Waals surface area contributed by atoms with Gasteiger partial charge in [0.1, 0.15) is 12.2 Å². The molecule has 0 heterocycles. The Morgan fingerprint density at radius 2 is 1.83 bits per heavy atom. The minimum Gasteiger partial charge on any atom is -0.507 e. The molecule has 0 atom stereocenters. The van der Waals surface area contributed by atoms with Crippen LogP contribution < -0.4 is 10.7 Å². The van der Waals surface area contributed by atoms with Gasteiger partial charge in [0.05, 0.1) is 16.4 Å². The molecule has 0 aliphatic carbocycles. The highest BCUT2D eigenvalue weighted by molar-refractivity contribution is 9.11. The van der Waals surface area contributed by atoms with Crippen LogP contribution in [0.15, 0.2) is 56.5 Å². The summed E-state index contributed by atoms with van der Waals surface area (Å²) in [4.78, 5) is 23.5. The number of carbonyl (C=O) groups excluding carboxylic acids is 2. The van der Waals surface area contributed by atoms with Gasteiger partial charge in [-0.3, -0.25) is 9.59 Å². The van der Waals surface area contributed by atoms with Crippen molar-refractivity contribution >= 4 is 55.6 Å². The Balaban J connectivity index is 1.84. The Morgan fingerprint density at radius 3 is 2.54 bits per heavy atom. The number of aromatic hydroxyl groups is 1. The number of hydrazone groups is 1. The number of para-hydroxylation sites is 1. The zero-order chi connectivity index (χ0) is 17.5. The van der Waals surface area contributed by atoms with Crippen molar-refractivity contribution in [3.8, 4) is 5.75 Å². The van der Waals surface area contributed by atoms with Crippen molar-refractivity contribution in [3.63, 3.8) is 0 Å². The summed E-state index contributed by atoms with van der Waals surface area (Å²) in [5, 5.41) is 15.8. The summed E-state index contributed by atoms with van der Waals surface area (Å²) in [5.41, 5.74) is 3.55. The molecule has 124 valence electrons. The molecule has 0 saturated heterocycles. The van der Waals surface area contributed by atoms with Crippen LogP contribution in [0.1, 0.15) is 12.0 Å². The van der Waals surface area contributed by atoms with E-state index in [1.807, 2.05) is 6.07 Å². The van der Waals surface area contributed by atoms with Gasteiger partial charge in [0.15, 0.2) is 0 Å². The van der Waals surface area contributed by atoms with Gasteiger partial charge in [0.2, 0.25) is 11.8 Å². The molecular formula is C16H13Br2N3O3. The molecule has 3 N–H and O–H groups in total. The van der Waals surface area contributed by atoms with Gasteiger partial charge in [-0.1, -0.05) is 12.1 Å². The Bertz CT molecular complexity index is 794. The Labute approximate surface area is 155 Å². The van der Waals surface area contributed by atoms with E-state index >= 15 is 0 Å². The van der Waals surface area contributed by atoms with Crippen molar-refractivity contribution in [3.05, 3.63) is 57.0 Å². The Morgan fingerprint density at radius 1 is 1.08 bits per heavy atom. The van der Waals surface area contributed by atoms with Gasteiger partial charge in [0.25, 0.3) is 0 Å². The average Bonchev–Trinajstić information content (AvgIpc) is 2.53. The zero-order valence-electron chi connectivity index (χ0n) is 12.3. The van der Waals surface area contributed by atoms with Gasteiger partial charge < -0.3 is 10.4 Å². The van der Waals surface area contributed by atoms with Crippen LogP contribution in [0.4, 0.5) is 5.69 Å². The lowest BCUT2D eigenvalue weighted by Crippen LogP contribution is -2.24. The fourth-order valence-electron chi connectivity index (χ4n) is 1.72. The van der Waals surface area contributed by atoms with Crippen molar-refractivity contribution in [2.75, 3.05) is 5.32 Å². The molecule has 0 radical (unpaired) electrons. The number of hydrogen-bond acceptors (Lipinski definition) is 4. The first-order chi connectivity index (χ1) is 11.5. The fraction of sp³-hybridized carbons (Fsp3) is 0.0625. The predicted octanol–water partition coefficient (Wildman–Crippen LogP) is 3.40. The molecule has 0 aliphatic rings. The van der Waals surface area contributed by atoms with Crippen molar-refractivity contribution in [2.24, 2.45) is 5.10 Å². The Hall–Kier alpha value is -2.19. The summed E-state index contributed by atoms with van der Waals surface area (Å²) < 4.78 is 1.25. The highest BCUT2D eigenvalue weighted by atomic mass is 79.9. The lowest BCUT2D eigenvalue weighted by molar-refractivity contribution is -0.126. The SMILES string of the molecule is O=C(CC(=O)Nc1ccccc1Br)N/N=C/c1ccc(O)c(Br)c1. The molecule has 8 heteroatoms. The quantitative estimate of drug-likeness (QED) is 0.367. The number of nitrogens with one attached hydrogen (secondary N) is 2. The highest BCUT2D eigenvalue weighted by Gasteiger charge is 2.10. The van der Waals surface area contributed by atoms with Crippen LogP contribution in [-0.4, -0.2) is 23.1 Å². The smallest absolute Gasteiger partial charge is 0.249 e. The number of phenolic OH excluding ortho intramolecular Hbond substituents is 1. The van der Waals surface area contributed by atoms with Gasteiger partial charge in [-0.15, -0.1) is 0 Å². The highest BCUT2D eigenvalue weighted by Crippen LogP contribution is 2.23. The minimum atomic E-state index is -0.534. The Kier molecular flexibility index (Phi) is 6.51. The summed E-state index contributed by atoms with van der Waals surface area (Å²) in [5.74, 6) is -0.865. The van der Waals surface area contributed by atoms with E-state index in [2.05, 4.69) is 47.7 Å². The van der Waals surface area contributed by atoms with E-state index in [9.17, 15) is 14.7 Å². The number of carbonyl (C=O) groups is 2. The minimum absolute atomic E-state index is 0.111. The lowest BCUT2D eigenvalue weighted by Gasteiger charge is -2.06. The van der Waals surface area contributed by atoms with Crippen molar-refractivity contribution < 1.29 is 14.7 Å². The van der Waals surface area contributed by atoms with Crippen LogP contribution in [-0.2, 0) is 9.59 Å². The van der Waals surface area contributed by atoms with Gasteiger partial charge in [0, 0.05) is 4.47 Å². The summed E-state index contributed by atoms with van der Waals surface area (Å²) in [7, 11) is 0. The maximum atomic E-state index is 11.8. The summed E-state index contributed by atoms with van der Waals surface area (Å²) >= 11 is 6.49. The predicted molar refractivity (Wildman–Crippen MR) is 98.9 cm³/mol. The second-order valence-electron chi connectivity index (χ2n) is 4.71. The normalized spacial score (nSPS) is 10.6. The number of anilines is 1. The number of amides is 2. The molecule has 0 fully saturated rings. The van der Waals surface area contributed by atoms with E-state index in [1.54, 1.807) is 30.3 Å². The molecule has 24 heavy (non-hydrogen) atoms. The third-order valence-corrected chi connectivity index (χ3v) is 4.17. The third kappa shape index (κ3) is 5.47. The number of rotatable bonds is 5. The average molecular weight is 455 g/mol. The number of benzene rings is 2. The van der Waals surface area contributed by atoms with Gasteiger partial charge in [-0.2, -0.15) is 5.10 Å². The van der Waals surface area contributed by atoms with Crippen LogP contribution in [0, 0.1) is 0 Å². The van der Waals surface area contributed by atoms with E-state index in [0.29, 0.717) is 15.7 Å². The molecule has 2 aromatic rings. The molecular weight excluding hydrogens is 442 g/mol. The van der Waals surface area contributed by atoms with Crippen LogP contribution in [0.3, 0.4) is 0 Å². The van der Waals surface area contributed by atoms with E-state index in [1.165, 1.54) is 12.3 Å². The third-order valence-electron chi connectivity index (χ3n) is 2.84. The van der Waals surface area contributed by atoms with Crippen LogP contribution in [0.2, 0.25) is 0 Å². The monoisotopic (exact) mass is 453 g/mol. The summed E-state index contributed by atoms with van der Waals surface area (Å²) in [6.07, 6.45) is 1.06. The molecule has 0 saturated carbocycles. The first-order valence-corrected chi connectivity index (χ1v) is 8.39. The molecule has 2 rings (SSSR count). The lowest BCUT2D eigenvalue weighted by atomic mass is 10.2. The second-order valence-corrected chi connectivity index (χ2v) is 6.42. The van der Waals surface area contributed by atoms with Crippen molar-refractivity contribution in [1.29, 1.82) is 0 Å². The first-order valence-electron chi connectivity index (χ1n) is 6.80. The van der Waals surface area contributed by atoms with Crippen molar-refractivity contribution in [1.82, 2.24) is 5.43 Å². The standard InChI is InChI=1S/C16H13Br2N3O3/c17-11-3-1-2-4-13(11)20-15(23)8-16(24)21-19-9-10-5-6-14(22)12(18)7-10/h1-7,9,22H,8H2,(H,20,23)(H,21,24)/b19-9+. The number of hydrogen-bond donors (Lipinski definition) is 3. The summed E-state index contributed by atoms with van der Waals surface area (Å²) in [6.45, 7) is 0. The van der Waals surface area contributed by atoms with Crippen LogP contribution in [0.25, 0.3) is 0 Å². The zero-order valence-corrected chi connectivity index (χ0v) is 15.5. The molecule has 0 unspecified atom stereocenters. The van der Waals surface area contributed by atoms with E-state index in [-0.39, 0.29) is 12.2 Å². The van der Waals surface area contributed by atoms with E-state index < -0.39 is 11.8 Å². The topological polar surface area (TPSA) is 90.8 Å². The van der Waals surface area contributed by atoms with Gasteiger partial charge >= 0.3 is 0 Å². The van der Waals surface area contributed by atoms with Crippen molar-refractivity contribution in [2.45, 2.75) is 6.42 Å². The molecule has 0 aromatic heterocycles. The second kappa shape index (κ2) is 8.60. The van der Waals surface area contributed by atoms with Gasteiger partial charge in [-0.05, 0) is 67.8 Å². The van der Waals surface area contributed by atoms with Crippen LogP contribution in [0.5, 0.6) is 5.75 Å². The largest absolute Gasteiger partial charge is 0.507 e. The summed E-state index contributed by atoms with van der Waals surface area (Å²) in [6, 6.07) is 11.9.